The lowest BCUT2D eigenvalue weighted by Gasteiger charge is -2.15. The van der Waals surface area contributed by atoms with Gasteiger partial charge in [-0.25, -0.2) is 4.79 Å². The summed E-state index contributed by atoms with van der Waals surface area (Å²) in [5, 5.41) is 5.40. The van der Waals surface area contributed by atoms with E-state index in [1.807, 2.05) is 13.0 Å². The van der Waals surface area contributed by atoms with Crippen LogP contribution >= 0.6 is 0 Å². The molecule has 2 N–H and O–H groups in total. The Morgan fingerprint density at radius 2 is 1.63 bits per heavy atom. The van der Waals surface area contributed by atoms with Crippen LogP contribution in [0.2, 0.25) is 0 Å². The van der Waals surface area contributed by atoms with Gasteiger partial charge in [0.05, 0.1) is 25.5 Å². The normalized spacial score (nSPS) is 16.9. The molecule has 8 nitrogen and oxygen atoms in total. The maximum Gasteiger partial charge on any atom is 0.340 e. The highest BCUT2D eigenvalue weighted by molar-refractivity contribution is 6.04. The lowest BCUT2D eigenvalue weighted by Crippen LogP contribution is -2.22. The molecule has 1 aliphatic rings. The molecule has 0 aromatic heterocycles. The van der Waals surface area contributed by atoms with E-state index in [0.717, 1.165) is 6.42 Å². The number of anilines is 2. The Labute approximate surface area is 174 Å². The van der Waals surface area contributed by atoms with Crippen LogP contribution in [0.25, 0.3) is 0 Å². The predicted molar refractivity (Wildman–Crippen MR) is 111 cm³/mol. The Morgan fingerprint density at radius 1 is 1.00 bits per heavy atom. The first-order valence-electron chi connectivity index (χ1n) is 9.51. The number of amides is 2. The van der Waals surface area contributed by atoms with Gasteiger partial charge in [-0.3, -0.25) is 9.59 Å². The van der Waals surface area contributed by atoms with E-state index in [1.165, 1.54) is 26.4 Å². The Kier molecular flexibility index (Phi) is 6.56. The molecule has 1 fully saturated rings. The molecule has 2 unspecified atom stereocenters. The molecule has 0 heterocycles. The summed E-state index contributed by atoms with van der Waals surface area (Å²) in [4.78, 5) is 37.1. The van der Waals surface area contributed by atoms with Gasteiger partial charge in [-0.2, -0.15) is 0 Å². The standard InChI is InChI=1S/C22H24N2O6/c1-13-9-15(13)21(26)24-17-11-19(29-3)18(28-2)10-16(17)22(27)30-12-20(25)23-14-7-5-4-6-8-14/h4-8,10-11,13,15H,9,12H2,1-3H3,(H,23,25)(H,24,26). The number of benzene rings is 2. The smallest absolute Gasteiger partial charge is 0.340 e. The van der Waals surface area contributed by atoms with Gasteiger partial charge in [0.2, 0.25) is 5.91 Å². The number of rotatable bonds is 8. The van der Waals surface area contributed by atoms with E-state index in [0.29, 0.717) is 23.1 Å². The van der Waals surface area contributed by atoms with E-state index in [4.69, 9.17) is 14.2 Å². The summed E-state index contributed by atoms with van der Waals surface area (Å²) in [5.41, 5.74) is 0.906. The van der Waals surface area contributed by atoms with Crippen LogP contribution in [0.1, 0.15) is 23.7 Å². The zero-order chi connectivity index (χ0) is 21.7. The van der Waals surface area contributed by atoms with Gasteiger partial charge in [0.1, 0.15) is 0 Å². The largest absolute Gasteiger partial charge is 0.493 e. The molecule has 2 atom stereocenters. The number of esters is 1. The molecule has 2 aromatic rings. The highest BCUT2D eigenvalue weighted by Crippen LogP contribution is 2.40. The number of hydrogen-bond acceptors (Lipinski definition) is 6. The minimum absolute atomic E-state index is 0.0711. The molecule has 0 radical (unpaired) electrons. The molecule has 3 rings (SSSR count). The average molecular weight is 412 g/mol. The number of carbonyl (C=O) groups is 3. The fourth-order valence-electron chi connectivity index (χ4n) is 2.99. The van der Waals surface area contributed by atoms with E-state index in [1.54, 1.807) is 24.3 Å². The molecule has 1 aliphatic carbocycles. The van der Waals surface area contributed by atoms with Gasteiger partial charge in [-0.15, -0.1) is 0 Å². The van der Waals surface area contributed by atoms with Crippen LogP contribution in [0.3, 0.4) is 0 Å². The van der Waals surface area contributed by atoms with Gasteiger partial charge in [-0.1, -0.05) is 25.1 Å². The Morgan fingerprint density at radius 3 is 2.23 bits per heavy atom. The Bertz CT molecular complexity index is 944. The Balaban J connectivity index is 1.73. The van der Waals surface area contributed by atoms with E-state index in [9.17, 15) is 14.4 Å². The van der Waals surface area contributed by atoms with Crippen molar-refractivity contribution in [1.29, 1.82) is 0 Å². The molecule has 0 saturated heterocycles. The SMILES string of the molecule is COc1cc(NC(=O)C2CC2C)c(C(=O)OCC(=O)Nc2ccccc2)cc1OC. The zero-order valence-corrected chi connectivity index (χ0v) is 17.1. The van der Waals surface area contributed by atoms with E-state index >= 15 is 0 Å². The molecular weight excluding hydrogens is 388 g/mol. The average Bonchev–Trinajstić information content (AvgIpc) is 3.49. The minimum atomic E-state index is -0.765. The molecule has 0 bridgehead atoms. The van der Waals surface area contributed by atoms with Gasteiger partial charge in [-0.05, 0) is 24.5 Å². The molecule has 30 heavy (non-hydrogen) atoms. The van der Waals surface area contributed by atoms with Crippen molar-refractivity contribution in [2.45, 2.75) is 13.3 Å². The molecule has 2 aromatic carbocycles. The molecule has 158 valence electrons. The third kappa shape index (κ3) is 5.08. The van der Waals surface area contributed by atoms with E-state index in [2.05, 4.69) is 10.6 Å². The second kappa shape index (κ2) is 9.30. The van der Waals surface area contributed by atoms with Crippen molar-refractivity contribution in [3.63, 3.8) is 0 Å². The van der Waals surface area contributed by atoms with E-state index < -0.39 is 18.5 Å². The lowest BCUT2D eigenvalue weighted by molar-refractivity contribution is -0.119. The van der Waals surface area contributed by atoms with Crippen LogP contribution in [0.15, 0.2) is 42.5 Å². The van der Waals surface area contributed by atoms with Crippen LogP contribution in [-0.2, 0) is 14.3 Å². The van der Waals surface area contributed by atoms with Crippen molar-refractivity contribution in [3.05, 3.63) is 48.0 Å². The Hall–Kier alpha value is -3.55. The minimum Gasteiger partial charge on any atom is -0.493 e. The molecular formula is C22H24N2O6. The molecule has 2 amide bonds. The van der Waals surface area contributed by atoms with Gasteiger partial charge >= 0.3 is 5.97 Å². The topological polar surface area (TPSA) is 103 Å². The van der Waals surface area contributed by atoms with Crippen LogP contribution in [-0.4, -0.2) is 38.6 Å². The fraction of sp³-hybridized carbons (Fsp3) is 0.318. The van der Waals surface area contributed by atoms with Gasteiger partial charge in [0, 0.05) is 23.7 Å². The number of methoxy groups -OCH3 is 2. The van der Waals surface area contributed by atoms with Crippen LogP contribution < -0.4 is 20.1 Å². The van der Waals surface area contributed by atoms with Crippen molar-refractivity contribution in [1.82, 2.24) is 0 Å². The van der Waals surface area contributed by atoms with Crippen molar-refractivity contribution < 1.29 is 28.6 Å². The molecule has 0 spiro atoms. The second-order valence-corrected chi connectivity index (χ2v) is 7.05. The highest BCUT2D eigenvalue weighted by Gasteiger charge is 2.39. The predicted octanol–water partition coefficient (Wildman–Crippen LogP) is 3.09. The number of nitrogens with one attached hydrogen (secondary N) is 2. The summed E-state index contributed by atoms with van der Waals surface area (Å²) < 4.78 is 15.7. The maximum atomic E-state index is 12.7. The molecule has 1 saturated carbocycles. The number of hydrogen-bond donors (Lipinski definition) is 2. The van der Waals surface area contributed by atoms with E-state index in [-0.39, 0.29) is 23.1 Å². The molecule has 0 aliphatic heterocycles. The maximum absolute atomic E-state index is 12.7. The summed E-state index contributed by atoms with van der Waals surface area (Å²) >= 11 is 0. The summed E-state index contributed by atoms with van der Waals surface area (Å²) in [6.07, 6.45) is 0.804. The number of carbonyl (C=O) groups excluding carboxylic acids is 3. The first-order valence-corrected chi connectivity index (χ1v) is 9.51. The second-order valence-electron chi connectivity index (χ2n) is 7.05. The third-order valence-corrected chi connectivity index (χ3v) is 4.84. The highest BCUT2D eigenvalue weighted by atomic mass is 16.5. The summed E-state index contributed by atoms with van der Waals surface area (Å²) in [5.74, 6) is -0.539. The van der Waals surface area contributed by atoms with Crippen molar-refractivity contribution >= 4 is 29.2 Å². The van der Waals surface area contributed by atoms with Gasteiger partial charge in [0.15, 0.2) is 18.1 Å². The van der Waals surface area contributed by atoms with Gasteiger partial charge < -0.3 is 24.8 Å². The number of ether oxygens (including phenoxy) is 3. The quantitative estimate of drug-likeness (QED) is 0.646. The first kappa shape index (κ1) is 21.2. The van der Waals surface area contributed by atoms with Crippen molar-refractivity contribution in [2.24, 2.45) is 11.8 Å². The lowest BCUT2D eigenvalue weighted by atomic mass is 10.1. The summed E-state index contributed by atoms with van der Waals surface area (Å²) in [6.45, 7) is 1.51. The monoisotopic (exact) mass is 412 g/mol. The molecule has 8 heteroatoms. The van der Waals surface area contributed by atoms with Crippen molar-refractivity contribution in [2.75, 3.05) is 31.5 Å². The number of para-hydroxylation sites is 1. The first-order chi connectivity index (χ1) is 14.4. The van der Waals surface area contributed by atoms with Crippen LogP contribution in [0, 0.1) is 11.8 Å². The van der Waals surface area contributed by atoms with Crippen LogP contribution in [0.5, 0.6) is 11.5 Å². The van der Waals surface area contributed by atoms with Crippen LogP contribution in [0.4, 0.5) is 11.4 Å². The fourth-order valence-corrected chi connectivity index (χ4v) is 2.99. The van der Waals surface area contributed by atoms with Crippen molar-refractivity contribution in [3.8, 4) is 11.5 Å². The van der Waals surface area contributed by atoms with Gasteiger partial charge in [0.25, 0.3) is 5.91 Å². The third-order valence-electron chi connectivity index (χ3n) is 4.84. The zero-order valence-electron chi connectivity index (χ0n) is 17.1. The summed E-state index contributed by atoms with van der Waals surface area (Å²) in [6, 6.07) is 11.8. The summed E-state index contributed by atoms with van der Waals surface area (Å²) in [7, 11) is 2.89.